The lowest BCUT2D eigenvalue weighted by atomic mass is 10.8. The van der Waals surface area contributed by atoms with Gasteiger partial charge >= 0.3 is 0 Å². The summed E-state index contributed by atoms with van der Waals surface area (Å²) in [5, 5.41) is 0. The van der Waals surface area contributed by atoms with Crippen LogP contribution in [0.25, 0.3) is 0 Å². The lowest BCUT2D eigenvalue weighted by Gasteiger charge is -2.08. The molecule has 0 atom stereocenters. The zero-order valence-corrected chi connectivity index (χ0v) is 7.17. The predicted octanol–water partition coefficient (Wildman–Crippen LogP) is 0.965. The van der Waals surface area contributed by atoms with Gasteiger partial charge in [-0.25, -0.2) is 9.78 Å². The molecule has 11 heavy (non-hydrogen) atoms. The fourth-order valence-electron chi connectivity index (χ4n) is 0.483. The smallest absolute Gasteiger partial charge is 0.180 e. The molecule has 68 valence electrons. The zero-order chi connectivity index (χ0) is 8.36. The van der Waals surface area contributed by atoms with Gasteiger partial charge < -0.3 is 9.47 Å². The Morgan fingerprint density at radius 1 is 1.09 bits per heavy atom. The Hall–Kier alpha value is -0.160. The summed E-state index contributed by atoms with van der Waals surface area (Å²) in [7, 11) is 0. The van der Waals surface area contributed by atoms with Crippen LogP contribution >= 0.6 is 0 Å². The van der Waals surface area contributed by atoms with Gasteiger partial charge in [0, 0.05) is 13.2 Å². The average molecular weight is 164 g/mol. The molecule has 0 aromatic rings. The lowest BCUT2D eigenvalue weighted by Crippen LogP contribution is -2.14. The van der Waals surface area contributed by atoms with Gasteiger partial charge in [-0.05, 0) is 13.8 Å². The van der Waals surface area contributed by atoms with Crippen molar-refractivity contribution in [1.29, 1.82) is 0 Å². The van der Waals surface area contributed by atoms with Gasteiger partial charge in [-0.1, -0.05) is 0 Å². The summed E-state index contributed by atoms with van der Waals surface area (Å²) >= 11 is 0. The van der Waals surface area contributed by atoms with Crippen molar-refractivity contribution in [3.05, 3.63) is 0 Å². The number of hydrogen-bond donors (Lipinski definition) is 0. The highest BCUT2D eigenvalue weighted by Crippen LogP contribution is 1.87. The maximum Gasteiger partial charge on any atom is 0.180 e. The van der Waals surface area contributed by atoms with Crippen LogP contribution in [-0.2, 0) is 19.2 Å². The van der Waals surface area contributed by atoms with Crippen LogP contribution in [0.3, 0.4) is 0 Å². The van der Waals surface area contributed by atoms with Gasteiger partial charge in [0.05, 0.1) is 6.61 Å². The molecule has 0 radical (unpaired) electrons. The molecule has 4 nitrogen and oxygen atoms in total. The molecule has 0 aliphatic carbocycles. The van der Waals surface area contributed by atoms with Crippen LogP contribution < -0.4 is 0 Å². The average Bonchev–Trinajstić information content (AvgIpc) is 2.10. The van der Waals surface area contributed by atoms with Gasteiger partial charge in [-0.2, -0.15) is 0 Å². The number of ether oxygens (including phenoxy) is 2. The van der Waals surface area contributed by atoms with Crippen LogP contribution in [0.2, 0.25) is 0 Å². The van der Waals surface area contributed by atoms with E-state index in [4.69, 9.17) is 9.47 Å². The molecule has 1 aliphatic rings. The molecule has 0 saturated carbocycles. The summed E-state index contributed by atoms with van der Waals surface area (Å²) in [4.78, 5) is 8.79. The number of rotatable bonds is 2. The molecule has 0 unspecified atom stereocenters. The van der Waals surface area contributed by atoms with Crippen LogP contribution in [-0.4, -0.2) is 33.2 Å². The van der Waals surface area contributed by atoms with E-state index in [1.165, 1.54) is 0 Å². The molecular weight excluding hydrogens is 148 g/mol. The second-order valence-corrected chi connectivity index (χ2v) is 1.75. The highest BCUT2D eigenvalue weighted by Gasteiger charge is 1.95. The molecule has 1 aliphatic heterocycles. The van der Waals surface area contributed by atoms with Gasteiger partial charge in [-0.3, -0.25) is 0 Å². The van der Waals surface area contributed by atoms with Crippen LogP contribution in [0.4, 0.5) is 0 Å². The highest BCUT2D eigenvalue weighted by molar-refractivity contribution is 4.21. The van der Waals surface area contributed by atoms with Crippen LogP contribution in [0, 0.1) is 0 Å². The molecular formula is C7H16O4. The van der Waals surface area contributed by atoms with Crippen molar-refractivity contribution in [2.24, 2.45) is 0 Å². The van der Waals surface area contributed by atoms with Crippen molar-refractivity contribution < 1.29 is 19.2 Å². The van der Waals surface area contributed by atoms with Crippen LogP contribution in [0.1, 0.15) is 13.8 Å². The second-order valence-electron chi connectivity index (χ2n) is 1.75. The molecule has 0 amide bonds. The van der Waals surface area contributed by atoms with E-state index in [9.17, 15) is 0 Å². The lowest BCUT2D eigenvalue weighted by molar-refractivity contribution is -0.373. The predicted molar refractivity (Wildman–Crippen MR) is 40.0 cm³/mol. The molecule has 0 aromatic heterocycles. The normalized spacial score (nSPS) is 16.9. The minimum atomic E-state index is 0.278. The molecule has 1 rings (SSSR count). The molecule has 4 heteroatoms. The zero-order valence-electron chi connectivity index (χ0n) is 7.17. The van der Waals surface area contributed by atoms with E-state index in [-0.39, 0.29) is 6.79 Å². The standard InChI is InChI=1S/C4H10O.C3H6O3/c1-3-5-4-2;1-2-5-6-3-4-1/h3-4H2,1-2H3;1-3H2. The highest BCUT2D eigenvalue weighted by atomic mass is 17.2. The third kappa shape index (κ3) is 9.84. The van der Waals surface area contributed by atoms with E-state index >= 15 is 0 Å². The molecule has 0 bridgehead atoms. The van der Waals surface area contributed by atoms with Crippen LogP contribution in [0.5, 0.6) is 0 Å². The minimum Gasteiger partial charge on any atom is -0.382 e. The first-order valence-corrected chi connectivity index (χ1v) is 3.81. The SMILES string of the molecule is C1COOCO1.CCOCC. The first kappa shape index (κ1) is 10.8. The van der Waals surface area contributed by atoms with Crippen molar-refractivity contribution in [2.45, 2.75) is 13.8 Å². The van der Waals surface area contributed by atoms with Gasteiger partial charge in [-0.15, -0.1) is 0 Å². The Morgan fingerprint density at radius 2 is 1.82 bits per heavy atom. The van der Waals surface area contributed by atoms with Gasteiger partial charge in [0.25, 0.3) is 0 Å². The Labute approximate surface area is 67.3 Å². The monoisotopic (exact) mass is 164 g/mol. The maximum absolute atomic E-state index is 4.83. The van der Waals surface area contributed by atoms with E-state index < -0.39 is 0 Å². The summed E-state index contributed by atoms with van der Waals surface area (Å²) in [6, 6.07) is 0. The largest absolute Gasteiger partial charge is 0.382 e. The first-order valence-electron chi connectivity index (χ1n) is 3.81. The van der Waals surface area contributed by atoms with E-state index in [0.29, 0.717) is 13.2 Å². The molecule has 1 fully saturated rings. The third-order valence-corrected chi connectivity index (χ3v) is 0.934. The van der Waals surface area contributed by atoms with Crippen molar-refractivity contribution in [2.75, 3.05) is 33.2 Å². The third-order valence-electron chi connectivity index (χ3n) is 0.934. The topological polar surface area (TPSA) is 36.9 Å². The van der Waals surface area contributed by atoms with Crippen molar-refractivity contribution in [3.8, 4) is 0 Å². The minimum absolute atomic E-state index is 0.278. The number of hydrogen-bond acceptors (Lipinski definition) is 4. The van der Waals surface area contributed by atoms with Crippen LogP contribution in [0.15, 0.2) is 0 Å². The van der Waals surface area contributed by atoms with Gasteiger partial charge in [0.1, 0.15) is 6.61 Å². The molecule has 0 spiro atoms. The van der Waals surface area contributed by atoms with E-state index in [2.05, 4.69) is 9.78 Å². The van der Waals surface area contributed by atoms with Crippen molar-refractivity contribution >= 4 is 0 Å². The summed E-state index contributed by atoms with van der Waals surface area (Å²) in [5.74, 6) is 0. The van der Waals surface area contributed by atoms with E-state index in [0.717, 1.165) is 13.2 Å². The fraction of sp³-hybridized carbons (Fsp3) is 1.00. The Balaban J connectivity index is 0.000000187. The molecule has 0 aromatic carbocycles. The maximum atomic E-state index is 4.83. The van der Waals surface area contributed by atoms with E-state index in [1.807, 2.05) is 13.8 Å². The second kappa shape index (κ2) is 9.84. The fourth-order valence-corrected chi connectivity index (χ4v) is 0.483. The molecule has 1 saturated heterocycles. The Morgan fingerprint density at radius 3 is 1.91 bits per heavy atom. The van der Waals surface area contributed by atoms with Gasteiger partial charge in [0.15, 0.2) is 6.79 Å². The summed E-state index contributed by atoms with van der Waals surface area (Å²) in [5.41, 5.74) is 0. The van der Waals surface area contributed by atoms with E-state index in [1.54, 1.807) is 0 Å². The molecule has 1 heterocycles. The molecule has 0 N–H and O–H groups in total. The summed E-state index contributed by atoms with van der Waals surface area (Å²) in [6.45, 7) is 7.15. The quantitative estimate of drug-likeness (QED) is 0.570. The summed E-state index contributed by atoms with van der Waals surface area (Å²) in [6.07, 6.45) is 0. The summed E-state index contributed by atoms with van der Waals surface area (Å²) < 4.78 is 9.56. The van der Waals surface area contributed by atoms with Crippen molar-refractivity contribution in [1.82, 2.24) is 0 Å². The Kier molecular flexibility index (Phi) is 9.70. The van der Waals surface area contributed by atoms with Gasteiger partial charge in [0.2, 0.25) is 0 Å². The first-order chi connectivity index (χ1) is 5.41. The Bertz CT molecular complexity index is 50.0. The van der Waals surface area contributed by atoms with Crippen molar-refractivity contribution in [3.63, 3.8) is 0 Å².